The predicted molar refractivity (Wildman–Crippen MR) is 296 cm³/mol. The first-order chi connectivity index (χ1) is 31.2. The molecule has 3 aromatic carbocycles. The van der Waals surface area contributed by atoms with Crippen molar-refractivity contribution in [3.63, 3.8) is 0 Å². The van der Waals surface area contributed by atoms with Gasteiger partial charge in [-0.05, 0) is 100 Å². The van der Waals surface area contributed by atoms with Crippen LogP contribution in [0.25, 0.3) is 0 Å². The molecular formula is C62H102N4O. The van der Waals surface area contributed by atoms with Gasteiger partial charge in [0, 0.05) is 42.2 Å². The second-order valence-corrected chi connectivity index (χ2v) is 22.4. The highest BCUT2D eigenvalue weighted by Crippen LogP contribution is 2.34. The highest BCUT2D eigenvalue weighted by Gasteiger charge is 2.42. The van der Waals surface area contributed by atoms with Crippen molar-refractivity contribution in [2.45, 2.75) is 238 Å². The summed E-state index contributed by atoms with van der Waals surface area (Å²) in [4.78, 5) is 11.9. The van der Waals surface area contributed by atoms with Gasteiger partial charge in [0.2, 0.25) is 0 Å². The molecule has 2 atom stereocenters. The average molecular weight is 920 g/mol. The fourth-order valence-corrected chi connectivity index (χ4v) is 7.46. The zero-order valence-electron chi connectivity index (χ0n) is 47.5. The van der Waals surface area contributed by atoms with E-state index < -0.39 is 0 Å². The number of aromatic nitrogens is 4. The third-order valence-electron chi connectivity index (χ3n) is 12.2. The molecule has 2 aromatic heterocycles. The zero-order valence-corrected chi connectivity index (χ0v) is 47.5. The maximum Gasteiger partial charge on any atom is 0.111 e. The first-order valence-corrected chi connectivity index (χ1v) is 26.2. The molecule has 1 aliphatic heterocycles. The molecule has 0 saturated carbocycles. The number of hydrogen-bond donors (Lipinski definition) is 1. The van der Waals surface area contributed by atoms with Crippen LogP contribution in [0, 0.1) is 11.8 Å². The second kappa shape index (κ2) is 30.5. The largest absolute Gasteiger partial charge is 0.369 e. The molecule has 67 heavy (non-hydrogen) atoms. The minimum absolute atomic E-state index is 0.502. The number of rotatable bonds is 12. The summed E-state index contributed by atoms with van der Waals surface area (Å²) < 4.78 is 7.65. The van der Waals surface area contributed by atoms with Gasteiger partial charge in [-0.25, -0.2) is 9.97 Å². The number of nitrogens with one attached hydrogen (secondary N) is 1. The number of imidazole rings is 2. The highest BCUT2D eigenvalue weighted by atomic mass is 16.6. The third-order valence-corrected chi connectivity index (χ3v) is 12.2. The lowest BCUT2D eigenvalue weighted by Crippen LogP contribution is -2.07. The monoisotopic (exact) mass is 919 g/mol. The fourth-order valence-electron chi connectivity index (χ4n) is 7.46. The molecule has 2 unspecified atom stereocenters. The number of hydrogen-bond acceptors (Lipinski definition) is 3. The maximum atomic E-state index is 5.44. The molecular weight excluding hydrogens is 817 g/mol. The predicted octanol–water partition coefficient (Wildman–Crippen LogP) is 19.1. The van der Waals surface area contributed by atoms with Gasteiger partial charge < -0.3 is 14.3 Å². The van der Waals surface area contributed by atoms with Crippen molar-refractivity contribution in [2.24, 2.45) is 11.8 Å². The van der Waals surface area contributed by atoms with E-state index in [0.29, 0.717) is 83.3 Å². The summed E-state index contributed by atoms with van der Waals surface area (Å²) in [6.45, 7) is 53.0. The number of benzene rings is 3. The molecule has 5 heteroatoms. The van der Waals surface area contributed by atoms with Crippen molar-refractivity contribution in [1.29, 1.82) is 0 Å². The molecule has 1 aliphatic rings. The molecule has 0 radical (unpaired) electrons. The van der Waals surface area contributed by atoms with Crippen LogP contribution in [0.2, 0.25) is 0 Å². The van der Waals surface area contributed by atoms with Crippen LogP contribution in [-0.4, -0.2) is 31.7 Å². The standard InChI is InChI=1S/3C12H18.2C9H16N2.C8H16O/c1-9(2)11-5-7-12(8-6-11)10(3)4;1-9(2)11-6-5-7-12(8-11)10(3)4;1-9(2)11-7-5-6-8-12(11)10(3)4;1-7(2)9-10-5-6-11(9)8(3)4;1-6(2)8-5-10-9(11-8)7(3)4;1-5(2)7-8(9-7)6(3)4/h3*5-10H,1-4H3;5-8H,1-4H3;5-7H,1-4H3,(H,10,11);5-8H,1-4H3. The Morgan fingerprint density at radius 3 is 1.10 bits per heavy atom. The van der Waals surface area contributed by atoms with E-state index in [0.717, 1.165) is 5.82 Å². The van der Waals surface area contributed by atoms with Crippen LogP contribution in [0.3, 0.4) is 0 Å². The molecule has 3 heterocycles. The zero-order chi connectivity index (χ0) is 51.3. The molecule has 5 aromatic rings. The molecule has 0 bridgehead atoms. The van der Waals surface area contributed by atoms with Crippen LogP contribution in [-0.2, 0) is 4.74 Å². The van der Waals surface area contributed by atoms with E-state index in [-0.39, 0.29) is 0 Å². The Morgan fingerprint density at radius 1 is 0.433 bits per heavy atom. The van der Waals surface area contributed by atoms with Crippen LogP contribution >= 0.6 is 0 Å². The lowest BCUT2D eigenvalue weighted by Gasteiger charge is -2.14. The van der Waals surface area contributed by atoms with Crippen LogP contribution < -0.4 is 0 Å². The minimum Gasteiger partial charge on any atom is -0.369 e. The topological polar surface area (TPSA) is 59.0 Å². The first-order valence-electron chi connectivity index (χ1n) is 26.2. The van der Waals surface area contributed by atoms with Gasteiger partial charge in [0.15, 0.2) is 0 Å². The molecule has 376 valence electrons. The molecule has 1 N–H and O–H groups in total. The summed E-state index contributed by atoms with van der Waals surface area (Å²) in [6.07, 6.45) is 6.96. The molecule has 0 spiro atoms. The summed E-state index contributed by atoms with van der Waals surface area (Å²) in [6, 6.07) is 27.1. The van der Waals surface area contributed by atoms with E-state index in [1.807, 2.05) is 18.6 Å². The molecule has 6 rings (SSSR count). The van der Waals surface area contributed by atoms with Gasteiger partial charge in [0.1, 0.15) is 11.6 Å². The summed E-state index contributed by atoms with van der Waals surface area (Å²) in [5.41, 5.74) is 9.97. The van der Waals surface area contributed by atoms with Crippen molar-refractivity contribution in [2.75, 3.05) is 0 Å². The summed E-state index contributed by atoms with van der Waals surface area (Å²) in [5.74, 6) is 9.12. The molecule has 1 fully saturated rings. The quantitative estimate of drug-likeness (QED) is 0.127. The number of nitrogens with zero attached hydrogens (tertiary/aromatic N) is 3. The van der Waals surface area contributed by atoms with Crippen molar-refractivity contribution >= 4 is 0 Å². The molecule has 0 amide bonds. The van der Waals surface area contributed by atoms with Crippen LogP contribution in [0.4, 0.5) is 0 Å². The highest BCUT2D eigenvalue weighted by molar-refractivity contribution is 5.32. The van der Waals surface area contributed by atoms with Crippen molar-refractivity contribution in [3.8, 4) is 0 Å². The maximum absolute atomic E-state index is 5.44. The van der Waals surface area contributed by atoms with E-state index in [4.69, 9.17) is 4.74 Å². The Balaban J connectivity index is 0.000000403. The van der Waals surface area contributed by atoms with Gasteiger partial charge >= 0.3 is 0 Å². The molecule has 5 nitrogen and oxygen atoms in total. The lowest BCUT2D eigenvalue weighted by atomic mass is 9.91. The lowest BCUT2D eigenvalue weighted by molar-refractivity contribution is 0.313. The van der Waals surface area contributed by atoms with Crippen molar-refractivity contribution in [1.82, 2.24) is 19.5 Å². The number of H-pyrrole nitrogens is 1. The minimum atomic E-state index is 0.502. The van der Waals surface area contributed by atoms with Crippen molar-refractivity contribution in [3.05, 3.63) is 142 Å². The Bertz CT molecular complexity index is 1890. The third kappa shape index (κ3) is 22.3. The second-order valence-electron chi connectivity index (χ2n) is 22.4. The number of epoxide rings is 1. The summed E-state index contributed by atoms with van der Waals surface area (Å²) >= 11 is 0. The number of ether oxygens (including phenoxy) is 1. The Morgan fingerprint density at radius 2 is 0.851 bits per heavy atom. The van der Waals surface area contributed by atoms with E-state index in [1.54, 1.807) is 0 Å². The van der Waals surface area contributed by atoms with E-state index in [1.165, 1.54) is 44.9 Å². The van der Waals surface area contributed by atoms with Gasteiger partial charge in [-0.1, -0.05) is 225 Å². The van der Waals surface area contributed by atoms with E-state index in [2.05, 4.69) is 258 Å². The van der Waals surface area contributed by atoms with Gasteiger partial charge in [-0.15, -0.1) is 0 Å². The van der Waals surface area contributed by atoms with Gasteiger partial charge in [-0.3, -0.25) is 0 Å². The molecule has 1 saturated heterocycles. The number of aromatic amines is 1. The first kappa shape index (κ1) is 61.1. The van der Waals surface area contributed by atoms with E-state index >= 15 is 0 Å². The Kier molecular flexibility index (Phi) is 27.8. The summed E-state index contributed by atoms with van der Waals surface area (Å²) in [5, 5.41) is 0. The van der Waals surface area contributed by atoms with Crippen molar-refractivity contribution < 1.29 is 4.74 Å². The SMILES string of the molecule is CC(C)C1OC1C(C)C.CC(C)c1ccc(C(C)C)cc1.CC(C)c1cccc(C(C)C)c1.CC(C)c1ccccc1C(C)C.CC(C)c1cnc(C(C)C)[nH]1.CC(C)c1nccn1C(C)C. The smallest absolute Gasteiger partial charge is 0.111 e. The van der Waals surface area contributed by atoms with Gasteiger partial charge in [0.25, 0.3) is 0 Å². The van der Waals surface area contributed by atoms with Gasteiger partial charge in [-0.2, -0.15) is 0 Å². The van der Waals surface area contributed by atoms with E-state index in [9.17, 15) is 0 Å². The van der Waals surface area contributed by atoms with Crippen LogP contribution in [0.15, 0.2) is 91.4 Å². The molecule has 0 aliphatic carbocycles. The Labute approximate surface area is 414 Å². The average Bonchev–Trinajstić information content (AvgIpc) is 3.64. The summed E-state index contributed by atoms with van der Waals surface area (Å²) in [7, 11) is 0. The van der Waals surface area contributed by atoms with Gasteiger partial charge in [0.05, 0.1) is 12.2 Å². The van der Waals surface area contributed by atoms with Crippen LogP contribution in [0.1, 0.15) is 276 Å². The fraction of sp³-hybridized carbons (Fsp3) is 0.613. The normalized spacial score (nSPS) is 14.3. The Hall–Kier alpha value is -3.96. The van der Waals surface area contributed by atoms with Crippen LogP contribution in [0.5, 0.6) is 0 Å².